The first-order valence-electron chi connectivity index (χ1n) is 5.54. The third kappa shape index (κ3) is 2.78. The summed E-state index contributed by atoms with van der Waals surface area (Å²) in [7, 11) is 0. The maximum absolute atomic E-state index is 13.7. The van der Waals surface area contributed by atoms with Gasteiger partial charge in [0.1, 0.15) is 17.1 Å². The van der Waals surface area contributed by atoms with Crippen molar-refractivity contribution in [2.24, 2.45) is 0 Å². The van der Waals surface area contributed by atoms with Crippen LogP contribution in [0.3, 0.4) is 0 Å². The highest BCUT2D eigenvalue weighted by Crippen LogP contribution is 2.35. The lowest BCUT2D eigenvalue weighted by Crippen LogP contribution is -2.05. The smallest absolute Gasteiger partial charge is 0.342 e. The number of rotatable bonds is 4. The van der Waals surface area contributed by atoms with Gasteiger partial charge >= 0.3 is 11.7 Å². The number of carboxylic acid groups (broad SMARTS) is 1. The van der Waals surface area contributed by atoms with Crippen LogP contribution in [0.5, 0.6) is 11.5 Å². The molecule has 0 aliphatic heterocycles. The minimum atomic E-state index is -1.64. The van der Waals surface area contributed by atoms with E-state index in [1.165, 1.54) is 0 Å². The van der Waals surface area contributed by atoms with Crippen LogP contribution in [0.25, 0.3) is 0 Å². The van der Waals surface area contributed by atoms with Gasteiger partial charge in [-0.2, -0.15) is 0 Å². The Morgan fingerprint density at radius 1 is 1.14 bits per heavy atom. The molecule has 2 rings (SSSR count). The standard InChI is InChI=1S/C13H7F2NO5/c14-7-3-2-6-10(11(7)13(17)18)21-12-8(15)4-1-5-9(12)16(19)20/h1-6H,(H,17,18). The highest BCUT2D eigenvalue weighted by Gasteiger charge is 2.24. The normalized spacial score (nSPS) is 10.2. The van der Waals surface area contributed by atoms with E-state index in [-0.39, 0.29) is 0 Å². The Bertz CT molecular complexity index is 732. The Balaban J connectivity index is 2.56. The first-order valence-corrected chi connectivity index (χ1v) is 5.54. The minimum Gasteiger partial charge on any atom is -0.477 e. The lowest BCUT2D eigenvalue weighted by molar-refractivity contribution is -0.385. The summed E-state index contributed by atoms with van der Waals surface area (Å²) in [6.45, 7) is 0. The molecule has 0 bridgehead atoms. The zero-order valence-electron chi connectivity index (χ0n) is 10.2. The number of ether oxygens (including phenoxy) is 1. The van der Waals surface area contributed by atoms with E-state index in [2.05, 4.69) is 0 Å². The van der Waals surface area contributed by atoms with Crippen molar-refractivity contribution in [3.8, 4) is 11.5 Å². The fourth-order valence-electron chi connectivity index (χ4n) is 1.65. The molecule has 108 valence electrons. The average molecular weight is 295 g/mol. The average Bonchev–Trinajstić information content (AvgIpc) is 2.40. The van der Waals surface area contributed by atoms with Gasteiger partial charge in [0, 0.05) is 6.07 Å². The Morgan fingerprint density at radius 2 is 1.76 bits per heavy atom. The van der Waals surface area contributed by atoms with E-state index in [9.17, 15) is 23.7 Å². The third-order valence-electron chi connectivity index (χ3n) is 2.54. The first kappa shape index (κ1) is 14.4. The Hall–Kier alpha value is -3.03. The van der Waals surface area contributed by atoms with Crippen LogP contribution in [0, 0.1) is 21.7 Å². The van der Waals surface area contributed by atoms with Crippen molar-refractivity contribution in [3.63, 3.8) is 0 Å². The topological polar surface area (TPSA) is 89.7 Å². The molecule has 0 atom stereocenters. The number of para-hydroxylation sites is 1. The van der Waals surface area contributed by atoms with E-state index in [1.807, 2.05) is 0 Å². The molecule has 21 heavy (non-hydrogen) atoms. The van der Waals surface area contributed by atoms with E-state index < -0.39 is 45.3 Å². The number of carboxylic acids is 1. The van der Waals surface area contributed by atoms with E-state index in [1.54, 1.807) is 0 Å². The van der Waals surface area contributed by atoms with Crippen molar-refractivity contribution in [1.29, 1.82) is 0 Å². The molecule has 2 aromatic carbocycles. The van der Waals surface area contributed by atoms with Crippen LogP contribution in [0.1, 0.15) is 10.4 Å². The Labute approximate surface area is 116 Å². The van der Waals surface area contributed by atoms with Gasteiger partial charge in [0.2, 0.25) is 5.75 Å². The highest BCUT2D eigenvalue weighted by atomic mass is 19.1. The van der Waals surface area contributed by atoms with Crippen LogP contribution in [-0.2, 0) is 0 Å². The summed E-state index contributed by atoms with van der Waals surface area (Å²) in [4.78, 5) is 20.9. The van der Waals surface area contributed by atoms with Crippen LogP contribution in [0.4, 0.5) is 14.5 Å². The fourth-order valence-corrected chi connectivity index (χ4v) is 1.65. The van der Waals surface area contributed by atoms with Crippen LogP contribution in [0.2, 0.25) is 0 Å². The Morgan fingerprint density at radius 3 is 2.38 bits per heavy atom. The molecule has 0 aromatic heterocycles. The van der Waals surface area contributed by atoms with Crippen LogP contribution in [-0.4, -0.2) is 16.0 Å². The lowest BCUT2D eigenvalue weighted by atomic mass is 10.2. The van der Waals surface area contributed by atoms with Crippen molar-refractivity contribution in [1.82, 2.24) is 0 Å². The van der Waals surface area contributed by atoms with Crippen molar-refractivity contribution >= 4 is 11.7 Å². The summed E-state index contributed by atoms with van der Waals surface area (Å²) in [5, 5.41) is 19.7. The highest BCUT2D eigenvalue weighted by molar-refractivity contribution is 5.91. The molecule has 1 N–H and O–H groups in total. The second-order valence-electron chi connectivity index (χ2n) is 3.87. The summed E-state index contributed by atoms with van der Waals surface area (Å²) >= 11 is 0. The summed E-state index contributed by atoms with van der Waals surface area (Å²) in [5.41, 5.74) is -1.54. The molecule has 0 aliphatic rings. The Kier molecular flexibility index (Phi) is 3.79. The number of nitro benzene ring substituents is 1. The number of hydrogen-bond acceptors (Lipinski definition) is 4. The number of benzene rings is 2. The maximum atomic E-state index is 13.7. The lowest BCUT2D eigenvalue weighted by Gasteiger charge is -2.10. The number of halogens is 2. The molecule has 0 fully saturated rings. The van der Waals surface area contributed by atoms with Crippen LogP contribution < -0.4 is 4.74 Å². The second kappa shape index (κ2) is 5.53. The van der Waals surface area contributed by atoms with Gasteiger partial charge in [0.15, 0.2) is 5.82 Å². The molecular formula is C13H7F2NO5. The van der Waals surface area contributed by atoms with Crippen LogP contribution in [0.15, 0.2) is 36.4 Å². The van der Waals surface area contributed by atoms with Gasteiger partial charge in [-0.3, -0.25) is 10.1 Å². The monoisotopic (exact) mass is 295 g/mol. The molecule has 0 heterocycles. The second-order valence-corrected chi connectivity index (χ2v) is 3.87. The van der Waals surface area contributed by atoms with Crippen molar-refractivity contribution in [3.05, 3.63) is 63.7 Å². The van der Waals surface area contributed by atoms with E-state index in [0.29, 0.717) is 0 Å². The molecule has 0 radical (unpaired) electrons. The molecule has 0 saturated carbocycles. The largest absolute Gasteiger partial charge is 0.477 e. The summed E-state index contributed by atoms with van der Waals surface area (Å²) in [6.07, 6.45) is 0. The van der Waals surface area contributed by atoms with Gasteiger partial charge in [-0.05, 0) is 18.2 Å². The van der Waals surface area contributed by atoms with E-state index in [4.69, 9.17) is 9.84 Å². The molecule has 0 amide bonds. The molecule has 0 aliphatic carbocycles. The first-order chi connectivity index (χ1) is 9.91. The molecule has 0 spiro atoms. The number of nitrogens with zero attached hydrogens (tertiary/aromatic N) is 1. The number of nitro groups is 1. The van der Waals surface area contributed by atoms with Gasteiger partial charge in [-0.1, -0.05) is 12.1 Å². The fraction of sp³-hybridized carbons (Fsp3) is 0. The molecule has 2 aromatic rings. The van der Waals surface area contributed by atoms with E-state index >= 15 is 0 Å². The van der Waals surface area contributed by atoms with Gasteiger partial charge in [-0.25, -0.2) is 13.6 Å². The SMILES string of the molecule is O=C(O)c1c(F)cccc1Oc1c(F)cccc1[N+](=O)[O-]. The minimum absolute atomic E-state index is 0.532. The van der Waals surface area contributed by atoms with Gasteiger partial charge in [-0.15, -0.1) is 0 Å². The molecule has 6 nitrogen and oxygen atoms in total. The summed E-state index contributed by atoms with van der Waals surface area (Å²) < 4.78 is 32.1. The number of hydrogen-bond donors (Lipinski definition) is 1. The zero-order chi connectivity index (χ0) is 15.6. The molecular weight excluding hydrogens is 288 g/mol. The number of carbonyl (C=O) groups is 1. The summed E-state index contributed by atoms with van der Waals surface area (Å²) in [6, 6.07) is 6.09. The van der Waals surface area contributed by atoms with E-state index in [0.717, 1.165) is 36.4 Å². The van der Waals surface area contributed by atoms with Crippen molar-refractivity contribution < 1.29 is 28.3 Å². The van der Waals surface area contributed by atoms with Gasteiger partial charge < -0.3 is 9.84 Å². The van der Waals surface area contributed by atoms with Gasteiger partial charge in [0.05, 0.1) is 4.92 Å². The maximum Gasteiger partial charge on any atom is 0.342 e. The quantitative estimate of drug-likeness (QED) is 0.690. The zero-order valence-corrected chi connectivity index (χ0v) is 10.2. The van der Waals surface area contributed by atoms with Crippen molar-refractivity contribution in [2.45, 2.75) is 0 Å². The number of aromatic carboxylic acids is 1. The molecule has 0 saturated heterocycles. The molecule has 0 unspecified atom stereocenters. The predicted molar refractivity (Wildman–Crippen MR) is 66.5 cm³/mol. The van der Waals surface area contributed by atoms with Crippen molar-refractivity contribution in [2.75, 3.05) is 0 Å². The molecule has 8 heteroatoms. The van der Waals surface area contributed by atoms with Gasteiger partial charge in [0.25, 0.3) is 0 Å². The van der Waals surface area contributed by atoms with Crippen LogP contribution >= 0.6 is 0 Å². The third-order valence-corrected chi connectivity index (χ3v) is 2.54. The predicted octanol–water partition coefficient (Wildman–Crippen LogP) is 3.36. The summed E-state index contributed by atoms with van der Waals surface area (Å²) in [5.74, 6) is -5.11.